The number of hydrogen-bond donors (Lipinski definition) is 4. The number of nitrogens with two attached hydrogens (primary N) is 1. The first kappa shape index (κ1) is 22.8. The third kappa shape index (κ3) is 5.10. The van der Waals surface area contributed by atoms with E-state index >= 15 is 0 Å². The molecule has 0 spiro atoms. The first-order chi connectivity index (χ1) is 16.1. The van der Waals surface area contributed by atoms with Crippen molar-refractivity contribution < 1.29 is 5.11 Å². The third-order valence-electron chi connectivity index (χ3n) is 8.01. The molecule has 1 atom stereocenters. The van der Waals surface area contributed by atoms with E-state index in [9.17, 15) is 5.11 Å². The standard InChI is InChI=1S/C24H40N8O/c1-2-20(33)16-11-13-31(14-12-16)30-22-21-23(32(15-26-21)19-5-3-4-6-19)29-24(28-22)27-18-9-7-17(25)8-10-18/h15-20,33H,2-14,25H2,1H3,(H2,27,28,29,30). The van der Waals surface area contributed by atoms with Gasteiger partial charge in [-0.1, -0.05) is 19.8 Å². The van der Waals surface area contributed by atoms with E-state index in [2.05, 4.69) is 27.2 Å². The number of aromatic nitrogens is 4. The number of nitrogens with zero attached hydrogens (tertiary/aromatic N) is 5. The third-order valence-corrected chi connectivity index (χ3v) is 8.01. The fourth-order valence-corrected chi connectivity index (χ4v) is 5.83. The second-order valence-corrected chi connectivity index (χ2v) is 10.3. The Balaban J connectivity index is 1.38. The van der Waals surface area contributed by atoms with Crippen LogP contribution in [-0.2, 0) is 0 Å². The predicted molar refractivity (Wildman–Crippen MR) is 131 cm³/mol. The SMILES string of the molecule is CCC(O)C1CCN(Nc2nc(NC3CCC(N)CC3)nc3c2ncn3C2CCCC2)CC1. The molecule has 1 unspecified atom stereocenters. The van der Waals surface area contributed by atoms with Crippen LogP contribution in [0.4, 0.5) is 11.8 Å². The minimum Gasteiger partial charge on any atom is -0.393 e. The molecular weight excluding hydrogens is 416 g/mol. The average Bonchev–Trinajstić information content (AvgIpc) is 3.50. The van der Waals surface area contributed by atoms with E-state index in [1.54, 1.807) is 0 Å². The Labute approximate surface area is 196 Å². The van der Waals surface area contributed by atoms with Crippen molar-refractivity contribution in [2.45, 2.75) is 102 Å². The summed E-state index contributed by atoms with van der Waals surface area (Å²) in [6, 6.07) is 1.16. The van der Waals surface area contributed by atoms with Crippen LogP contribution in [0.25, 0.3) is 11.2 Å². The highest BCUT2D eigenvalue weighted by Gasteiger charge is 2.27. The summed E-state index contributed by atoms with van der Waals surface area (Å²) < 4.78 is 2.26. The molecule has 0 radical (unpaired) electrons. The van der Waals surface area contributed by atoms with Crippen molar-refractivity contribution in [2.75, 3.05) is 23.8 Å². The van der Waals surface area contributed by atoms with Crippen molar-refractivity contribution in [1.82, 2.24) is 24.5 Å². The Morgan fingerprint density at radius 3 is 2.48 bits per heavy atom. The molecule has 2 aromatic heterocycles. The number of rotatable bonds is 7. The van der Waals surface area contributed by atoms with E-state index < -0.39 is 0 Å². The van der Waals surface area contributed by atoms with Crippen molar-refractivity contribution in [3.05, 3.63) is 6.33 Å². The van der Waals surface area contributed by atoms with E-state index in [0.717, 1.165) is 75.0 Å². The molecule has 9 heteroatoms. The molecule has 0 bridgehead atoms. The summed E-state index contributed by atoms with van der Waals surface area (Å²) in [7, 11) is 0. The van der Waals surface area contributed by atoms with Crippen LogP contribution >= 0.6 is 0 Å². The molecule has 3 heterocycles. The van der Waals surface area contributed by atoms with Gasteiger partial charge < -0.3 is 26.1 Å². The molecule has 33 heavy (non-hydrogen) atoms. The Hall–Kier alpha value is -1.97. The summed E-state index contributed by atoms with van der Waals surface area (Å²) in [6.45, 7) is 3.84. The largest absolute Gasteiger partial charge is 0.393 e. The summed E-state index contributed by atoms with van der Waals surface area (Å²) >= 11 is 0. The number of anilines is 2. The smallest absolute Gasteiger partial charge is 0.227 e. The molecule has 5 N–H and O–H groups in total. The number of imidazole rings is 1. The zero-order valence-electron chi connectivity index (χ0n) is 19.9. The fraction of sp³-hybridized carbons (Fsp3) is 0.792. The maximum absolute atomic E-state index is 10.2. The lowest BCUT2D eigenvalue weighted by atomic mass is 9.90. The van der Waals surface area contributed by atoms with E-state index in [1.807, 2.05) is 6.33 Å². The monoisotopic (exact) mass is 456 g/mol. The lowest BCUT2D eigenvalue weighted by Gasteiger charge is -2.34. The molecule has 2 aromatic rings. The van der Waals surface area contributed by atoms with Crippen LogP contribution in [0, 0.1) is 5.92 Å². The van der Waals surface area contributed by atoms with E-state index in [1.165, 1.54) is 25.7 Å². The lowest BCUT2D eigenvalue weighted by molar-refractivity contribution is 0.0631. The molecule has 1 saturated heterocycles. The summed E-state index contributed by atoms with van der Waals surface area (Å²) in [5, 5.41) is 16.0. The molecule has 3 aliphatic rings. The van der Waals surface area contributed by atoms with Crippen molar-refractivity contribution in [2.24, 2.45) is 11.7 Å². The van der Waals surface area contributed by atoms with Crippen LogP contribution in [0.2, 0.25) is 0 Å². The molecule has 9 nitrogen and oxygen atoms in total. The lowest BCUT2D eigenvalue weighted by Crippen LogP contribution is -2.41. The first-order valence-corrected chi connectivity index (χ1v) is 13.1. The second-order valence-electron chi connectivity index (χ2n) is 10.3. The zero-order chi connectivity index (χ0) is 22.8. The quantitative estimate of drug-likeness (QED) is 0.501. The minimum atomic E-state index is -0.195. The van der Waals surface area contributed by atoms with Crippen molar-refractivity contribution >= 4 is 22.9 Å². The van der Waals surface area contributed by atoms with E-state index in [0.29, 0.717) is 30.0 Å². The number of hydrogen-bond acceptors (Lipinski definition) is 8. The molecule has 0 aromatic carbocycles. The number of nitrogens with one attached hydrogen (secondary N) is 2. The van der Waals surface area contributed by atoms with Gasteiger partial charge in [0.2, 0.25) is 5.95 Å². The number of aliphatic hydroxyl groups excluding tert-OH is 1. The van der Waals surface area contributed by atoms with Crippen LogP contribution < -0.4 is 16.5 Å². The second kappa shape index (κ2) is 10.1. The van der Waals surface area contributed by atoms with Crippen LogP contribution in [0.1, 0.15) is 83.6 Å². The van der Waals surface area contributed by atoms with Gasteiger partial charge in [0.05, 0.1) is 12.4 Å². The highest BCUT2D eigenvalue weighted by molar-refractivity contribution is 5.84. The molecule has 2 aliphatic carbocycles. The van der Waals surface area contributed by atoms with E-state index in [4.69, 9.17) is 20.7 Å². The Morgan fingerprint density at radius 2 is 1.79 bits per heavy atom. The van der Waals surface area contributed by atoms with Gasteiger partial charge in [0.1, 0.15) is 0 Å². The van der Waals surface area contributed by atoms with Gasteiger partial charge in [-0.2, -0.15) is 9.97 Å². The first-order valence-electron chi connectivity index (χ1n) is 13.1. The molecule has 3 fully saturated rings. The van der Waals surface area contributed by atoms with Gasteiger partial charge in [-0.15, -0.1) is 0 Å². The number of aliphatic hydroxyl groups is 1. The average molecular weight is 457 g/mol. The summed E-state index contributed by atoms with van der Waals surface area (Å²) in [6.07, 6.45) is 13.7. The fourth-order valence-electron chi connectivity index (χ4n) is 5.83. The van der Waals surface area contributed by atoms with Gasteiger partial charge in [-0.05, 0) is 63.7 Å². The van der Waals surface area contributed by atoms with E-state index in [-0.39, 0.29) is 6.10 Å². The summed E-state index contributed by atoms with van der Waals surface area (Å²) in [5.74, 6) is 1.85. The van der Waals surface area contributed by atoms with Gasteiger partial charge >= 0.3 is 0 Å². The molecule has 0 amide bonds. The molecule has 2 saturated carbocycles. The van der Waals surface area contributed by atoms with Gasteiger partial charge in [0, 0.05) is 31.2 Å². The maximum Gasteiger partial charge on any atom is 0.227 e. The Bertz CT molecular complexity index is 911. The van der Waals surface area contributed by atoms with Gasteiger partial charge in [0.25, 0.3) is 0 Å². The molecule has 182 valence electrons. The highest BCUT2D eigenvalue weighted by atomic mass is 16.3. The number of piperidine rings is 1. The number of fused-ring (bicyclic) bond motifs is 1. The van der Waals surface area contributed by atoms with Crippen molar-refractivity contribution in [3.63, 3.8) is 0 Å². The summed E-state index contributed by atoms with van der Waals surface area (Å²) in [4.78, 5) is 14.6. The van der Waals surface area contributed by atoms with Crippen LogP contribution in [0.15, 0.2) is 6.33 Å². The minimum absolute atomic E-state index is 0.195. The van der Waals surface area contributed by atoms with Crippen LogP contribution in [-0.4, -0.2) is 60.9 Å². The zero-order valence-corrected chi connectivity index (χ0v) is 19.9. The normalized spacial score (nSPS) is 26.6. The number of hydrazine groups is 1. The molecule has 1 aliphatic heterocycles. The van der Waals surface area contributed by atoms with Crippen LogP contribution in [0.5, 0.6) is 0 Å². The summed E-state index contributed by atoms with van der Waals surface area (Å²) in [5.41, 5.74) is 11.4. The van der Waals surface area contributed by atoms with Gasteiger partial charge in [0.15, 0.2) is 17.0 Å². The van der Waals surface area contributed by atoms with Gasteiger partial charge in [-0.25, -0.2) is 9.99 Å². The highest BCUT2D eigenvalue weighted by Crippen LogP contribution is 2.34. The Kier molecular flexibility index (Phi) is 6.99. The van der Waals surface area contributed by atoms with Crippen molar-refractivity contribution in [1.29, 1.82) is 0 Å². The molecular formula is C24H40N8O. The predicted octanol–water partition coefficient (Wildman–Crippen LogP) is 3.43. The van der Waals surface area contributed by atoms with Crippen molar-refractivity contribution in [3.8, 4) is 0 Å². The van der Waals surface area contributed by atoms with Gasteiger partial charge in [-0.3, -0.25) is 0 Å². The maximum atomic E-state index is 10.2. The topological polar surface area (TPSA) is 117 Å². The molecule has 5 rings (SSSR count). The van der Waals surface area contributed by atoms with Crippen LogP contribution in [0.3, 0.4) is 0 Å². The Morgan fingerprint density at radius 1 is 1.06 bits per heavy atom.